The van der Waals surface area contributed by atoms with Gasteiger partial charge in [0.25, 0.3) is 0 Å². The summed E-state index contributed by atoms with van der Waals surface area (Å²) in [6, 6.07) is 4.25. The smallest absolute Gasteiger partial charge is 0.0882 e. The van der Waals surface area contributed by atoms with Crippen LogP contribution in [0.1, 0.15) is 39.5 Å². The lowest BCUT2D eigenvalue weighted by Gasteiger charge is -2.14. The van der Waals surface area contributed by atoms with Crippen LogP contribution in [0.4, 0.5) is 5.00 Å². The van der Waals surface area contributed by atoms with Crippen molar-refractivity contribution in [2.45, 2.75) is 39.5 Å². The van der Waals surface area contributed by atoms with Gasteiger partial charge < -0.3 is 5.32 Å². The first-order chi connectivity index (χ1) is 6.86. The zero-order chi connectivity index (χ0) is 10.2. The van der Waals surface area contributed by atoms with Gasteiger partial charge in [-0.15, -0.1) is 11.3 Å². The van der Waals surface area contributed by atoms with Gasteiger partial charge in [0.1, 0.15) is 0 Å². The van der Waals surface area contributed by atoms with Gasteiger partial charge in [-0.2, -0.15) is 0 Å². The van der Waals surface area contributed by atoms with Crippen LogP contribution in [0.3, 0.4) is 0 Å². The molecule has 1 nitrogen and oxygen atoms in total. The van der Waals surface area contributed by atoms with Gasteiger partial charge >= 0.3 is 0 Å². The molecule has 1 atom stereocenters. The van der Waals surface area contributed by atoms with Gasteiger partial charge in [-0.3, -0.25) is 0 Å². The van der Waals surface area contributed by atoms with E-state index in [1.54, 1.807) is 11.3 Å². The quantitative estimate of drug-likeness (QED) is 0.706. The Kier molecular flexibility index (Phi) is 5.69. The van der Waals surface area contributed by atoms with Gasteiger partial charge in [-0.05, 0) is 29.9 Å². The van der Waals surface area contributed by atoms with Crippen molar-refractivity contribution in [3.63, 3.8) is 0 Å². The molecule has 0 fully saturated rings. The van der Waals surface area contributed by atoms with Crippen molar-refractivity contribution in [2.75, 3.05) is 11.9 Å². The lowest BCUT2D eigenvalue weighted by Crippen LogP contribution is -2.12. The molecule has 0 aliphatic carbocycles. The van der Waals surface area contributed by atoms with E-state index in [-0.39, 0.29) is 0 Å². The van der Waals surface area contributed by atoms with E-state index in [4.69, 9.17) is 0 Å². The molecule has 0 amide bonds. The lowest BCUT2D eigenvalue weighted by atomic mass is 9.99. The van der Waals surface area contributed by atoms with Crippen molar-refractivity contribution in [2.24, 2.45) is 5.92 Å². The maximum atomic E-state index is 3.50. The maximum Gasteiger partial charge on any atom is 0.0882 e. The Balaban J connectivity index is 2.20. The van der Waals surface area contributed by atoms with Crippen LogP contribution >= 0.6 is 11.3 Å². The third-order valence-corrected chi connectivity index (χ3v) is 3.46. The van der Waals surface area contributed by atoms with Crippen LogP contribution in [0, 0.1) is 5.92 Å². The van der Waals surface area contributed by atoms with E-state index >= 15 is 0 Å². The van der Waals surface area contributed by atoms with E-state index in [1.165, 1.54) is 30.7 Å². The van der Waals surface area contributed by atoms with Crippen molar-refractivity contribution in [1.82, 2.24) is 0 Å². The molecular weight excluding hydrogens is 190 g/mol. The van der Waals surface area contributed by atoms with Gasteiger partial charge in [-0.25, -0.2) is 0 Å². The summed E-state index contributed by atoms with van der Waals surface area (Å²) in [5, 5.41) is 6.93. The van der Waals surface area contributed by atoms with Crippen LogP contribution in [0.25, 0.3) is 0 Å². The molecule has 1 aromatic rings. The average Bonchev–Trinajstić information content (AvgIpc) is 2.71. The normalized spacial score (nSPS) is 12.7. The largest absolute Gasteiger partial charge is 0.377 e. The number of hydrogen-bond donors (Lipinski definition) is 1. The number of thiophene rings is 1. The number of hydrogen-bond acceptors (Lipinski definition) is 2. The molecule has 1 N–H and O–H groups in total. The third-order valence-electron chi connectivity index (χ3n) is 2.63. The molecule has 0 radical (unpaired) electrons. The van der Waals surface area contributed by atoms with Gasteiger partial charge in [-0.1, -0.05) is 33.1 Å². The number of rotatable bonds is 7. The van der Waals surface area contributed by atoms with Crippen molar-refractivity contribution in [3.8, 4) is 0 Å². The molecule has 1 unspecified atom stereocenters. The first kappa shape index (κ1) is 11.6. The molecule has 0 aliphatic heterocycles. The maximum absolute atomic E-state index is 3.50. The van der Waals surface area contributed by atoms with Crippen molar-refractivity contribution in [3.05, 3.63) is 17.5 Å². The third kappa shape index (κ3) is 4.14. The molecule has 2 heteroatoms. The van der Waals surface area contributed by atoms with E-state index in [0.717, 1.165) is 12.5 Å². The predicted octanol–water partition coefficient (Wildman–Crippen LogP) is 4.38. The summed E-state index contributed by atoms with van der Waals surface area (Å²) in [7, 11) is 0. The molecule has 0 aromatic carbocycles. The van der Waals surface area contributed by atoms with Gasteiger partial charge in [0, 0.05) is 6.54 Å². The Morgan fingerprint density at radius 2 is 2.29 bits per heavy atom. The molecule has 0 spiro atoms. The number of nitrogens with one attached hydrogen (secondary N) is 1. The summed E-state index contributed by atoms with van der Waals surface area (Å²) in [6.45, 7) is 5.69. The predicted molar refractivity (Wildman–Crippen MR) is 66.1 cm³/mol. The highest BCUT2D eigenvalue weighted by Crippen LogP contribution is 2.18. The lowest BCUT2D eigenvalue weighted by molar-refractivity contribution is 0.473. The first-order valence-corrected chi connectivity index (χ1v) is 6.52. The van der Waals surface area contributed by atoms with E-state index in [9.17, 15) is 0 Å². The molecular formula is C12H21NS. The van der Waals surface area contributed by atoms with Crippen LogP contribution < -0.4 is 5.32 Å². The fourth-order valence-electron chi connectivity index (χ4n) is 1.57. The Morgan fingerprint density at radius 1 is 1.43 bits per heavy atom. The zero-order valence-corrected chi connectivity index (χ0v) is 10.1. The highest BCUT2D eigenvalue weighted by molar-refractivity contribution is 7.14. The summed E-state index contributed by atoms with van der Waals surface area (Å²) in [5.41, 5.74) is 0. The van der Waals surface area contributed by atoms with E-state index < -0.39 is 0 Å². The van der Waals surface area contributed by atoms with Crippen molar-refractivity contribution >= 4 is 16.3 Å². The Bertz CT molecular complexity index is 218. The average molecular weight is 211 g/mol. The molecule has 14 heavy (non-hydrogen) atoms. The molecule has 0 saturated carbocycles. The molecule has 1 aromatic heterocycles. The monoisotopic (exact) mass is 211 g/mol. The fraction of sp³-hybridized carbons (Fsp3) is 0.667. The first-order valence-electron chi connectivity index (χ1n) is 5.64. The van der Waals surface area contributed by atoms with E-state index in [0.29, 0.717) is 0 Å². The molecule has 1 heterocycles. The fourth-order valence-corrected chi connectivity index (χ4v) is 2.19. The Hall–Kier alpha value is -0.500. The molecule has 0 saturated heterocycles. The summed E-state index contributed by atoms with van der Waals surface area (Å²) in [4.78, 5) is 0. The minimum Gasteiger partial charge on any atom is -0.377 e. The minimum absolute atomic E-state index is 0.844. The SMILES string of the molecule is CCCCC(CC)CNc1cccs1. The molecule has 0 bridgehead atoms. The van der Waals surface area contributed by atoms with Gasteiger partial charge in [0.2, 0.25) is 0 Å². The highest BCUT2D eigenvalue weighted by atomic mass is 32.1. The van der Waals surface area contributed by atoms with Crippen LogP contribution in [0.15, 0.2) is 17.5 Å². The van der Waals surface area contributed by atoms with Crippen LogP contribution in [-0.4, -0.2) is 6.54 Å². The number of anilines is 1. The van der Waals surface area contributed by atoms with Crippen LogP contribution in [0.5, 0.6) is 0 Å². The second kappa shape index (κ2) is 6.88. The summed E-state index contributed by atoms with van der Waals surface area (Å²) in [6.07, 6.45) is 5.34. The summed E-state index contributed by atoms with van der Waals surface area (Å²) in [5.74, 6) is 0.844. The molecule has 80 valence electrons. The minimum atomic E-state index is 0.844. The van der Waals surface area contributed by atoms with E-state index in [1.807, 2.05) is 0 Å². The van der Waals surface area contributed by atoms with Crippen LogP contribution in [0.2, 0.25) is 0 Å². The van der Waals surface area contributed by atoms with Gasteiger partial charge in [0.05, 0.1) is 5.00 Å². The Labute approximate surface area is 91.5 Å². The van der Waals surface area contributed by atoms with Gasteiger partial charge in [0.15, 0.2) is 0 Å². The number of unbranched alkanes of at least 4 members (excludes halogenated alkanes) is 1. The van der Waals surface area contributed by atoms with Crippen LogP contribution in [-0.2, 0) is 0 Å². The highest BCUT2D eigenvalue weighted by Gasteiger charge is 2.05. The molecule has 0 aliphatic rings. The summed E-state index contributed by atoms with van der Waals surface area (Å²) < 4.78 is 0. The Morgan fingerprint density at radius 3 is 2.86 bits per heavy atom. The second-order valence-electron chi connectivity index (χ2n) is 3.77. The molecule has 1 rings (SSSR count). The summed E-state index contributed by atoms with van der Waals surface area (Å²) >= 11 is 1.79. The zero-order valence-electron chi connectivity index (χ0n) is 9.25. The van der Waals surface area contributed by atoms with Crippen molar-refractivity contribution < 1.29 is 0 Å². The second-order valence-corrected chi connectivity index (χ2v) is 4.72. The topological polar surface area (TPSA) is 12.0 Å². The van der Waals surface area contributed by atoms with Crippen molar-refractivity contribution in [1.29, 1.82) is 0 Å². The van der Waals surface area contributed by atoms with E-state index in [2.05, 4.69) is 36.7 Å². The standard InChI is InChI=1S/C12H21NS/c1-3-5-7-11(4-2)10-13-12-8-6-9-14-12/h6,8-9,11,13H,3-5,7,10H2,1-2H3.